The van der Waals surface area contributed by atoms with Crippen molar-refractivity contribution in [2.24, 2.45) is 5.92 Å². The molecule has 1 aliphatic carbocycles. The van der Waals surface area contributed by atoms with E-state index in [4.69, 9.17) is 5.11 Å². The van der Waals surface area contributed by atoms with E-state index in [1.807, 2.05) is 0 Å². The van der Waals surface area contributed by atoms with Crippen molar-refractivity contribution >= 4 is 15.9 Å². The molecule has 13 heavy (non-hydrogen) atoms. The van der Waals surface area contributed by atoms with Crippen LogP contribution in [-0.2, 0) is 0 Å². The molecule has 0 aromatic heterocycles. The van der Waals surface area contributed by atoms with E-state index in [1.54, 1.807) is 0 Å². The molecule has 0 bridgehead atoms. The van der Waals surface area contributed by atoms with Crippen molar-refractivity contribution in [2.45, 2.75) is 42.8 Å². The third-order valence-electron chi connectivity index (χ3n) is 2.84. The molecule has 0 heterocycles. The van der Waals surface area contributed by atoms with Crippen molar-refractivity contribution in [3.05, 3.63) is 0 Å². The van der Waals surface area contributed by atoms with E-state index in [9.17, 15) is 9.50 Å². The molecule has 2 nitrogen and oxygen atoms in total. The van der Waals surface area contributed by atoms with E-state index in [-0.39, 0.29) is 11.4 Å². The number of aliphatic hydroxyl groups is 2. The maximum atomic E-state index is 13.6. The molecule has 4 heteroatoms. The van der Waals surface area contributed by atoms with Gasteiger partial charge in [-0.25, -0.2) is 4.39 Å². The van der Waals surface area contributed by atoms with Crippen molar-refractivity contribution in [1.29, 1.82) is 0 Å². The second-order valence-electron chi connectivity index (χ2n) is 4.01. The van der Waals surface area contributed by atoms with Gasteiger partial charge in [0.2, 0.25) is 0 Å². The highest BCUT2D eigenvalue weighted by atomic mass is 79.9. The Morgan fingerprint density at radius 2 is 2.15 bits per heavy atom. The van der Waals surface area contributed by atoms with Gasteiger partial charge >= 0.3 is 0 Å². The van der Waals surface area contributed by atoms with E-state index >= 15 is 0 Å². The summed E-state index contributed by atoms with van der Waals surface area (Å²) in [4.78, 5) is -0.177. The van der Waals surface area contributed by atoms with E-state index in [2.05, 4.69) is 15.9 Å². The van der Waals surface area contributed by atoms with Gasteiger partial charge < -0.3 is 10.2 Å². The van der Waals surface area contributed by atoms with Crippen LogP contribution in [0, 0.1) is 5.92 Å². The fraction of sp³-hybridized carbons (Fsp3) is 1.00. The molecule has 0 aromatic rings. The molecule has 0 spiro atoms. The van der Waals surface area contributed by atoms with E-state index in [0.717, 1.165) is 12.8 Å². The van der Waals surface area contributed by atoms with E-state index in [0.29, 0.717) is 6.42 Å². The predicted octanol–water partition coefficient (Wildman–Crippen LogP) is 1.63. The first kappa shape index (κ1) is 11.4. The average molecular weight is 255 g/mol. The van der Waals surface area contributed by atoms with Crippen LogP contribution >= 0.6 is 15.9 Å². The van der Waals surface area contributed by atoms with Crippen molar-refractivity contribution < 1.29 is 14.6 Å². The molecule has 0 saturated heterocycles. The highest BCUT2D eigenvalue weighted by molar-refractivity contribution is 9.09. The fourth-order valence-corrected chi connectivity index (χ4v) is 2.57. The summed E-state index contributed by atoms with van der Waals surface area (Å²) in [6.07, 6.45) is 1.29. The Balaban J connectivity index is 2.67. The SMILES string of the molecule is CC(O)(CO)C1CCCC(Br)C1F. The lowest BCUT2D eigenvalue weighted by atomic mass is 9.77. The fourth-order valence-electron chi connectivity index (χ4n) is 1.87. The first-order valence-electron chi connectivity index (χ1n) is 4.60. The van der Waals surface area contributed by atoms with Gasteiger partial charge in [0.25, 0.3) is 0 Å². The Bertz CT molecular complexity index is 175. The minimum atomic E-state index is -1.29. The molecule has 0 aliphatic heterocycles. The molecule has 0 radical (unpaired) electrons. The van der Waals surface area contributed by atoms with Gasteiger partial charge in [0.05, 0.1) is 12.2 Å². The maximum absolute atomic E-state index is 13.6. The number of rotatable bonds is 2. The van der Waals surface area contributed by atoms with Crippen LogP contribution in [0.25, 0.3) is 0 Å². The minimum Gasteiger partial charge on any atom is -0.393 e. The Hall–Kier alpha value is 0.330. The first-order chi connectivity index (χ1) is 5.99. The second-order valence-corrected chi connectivity index (χ2v) is 5.19. The molecule has 1 saturated carbocycles. The smallest absolute Gasteiger partial charge is 0.118 e. The monoisotopic (exact) mass is 254 g/mol. The van der Waals surface area contributed by atoms with Gasteiger partial charge in [-0.2, -0.15) is 0 Å². The molecule has 1 fully saturated rings. The molecule has 1 aliphatic rings. The molecule has 4 atom stereocenters. The van der Waals surface area contributed by atoms with Crippen molar-refractivity contribution in [3.8, 4) is 0 Å². The zero-order valence-corrected chi connectivity index (χ0v) is 9.30. The summed E-state index contributed by atoms with van der Waals surface area (Å²) < 4.78 is 13.6. The molecule has 2 N–H and O–H groups in total. The van der Waals surface area contributed by atoms with Crippen LogP contribution in [0.1, 0.15) is 26.2 Å². The quantitative estimate of drug-likeness (QED) is 0.736. The largest absolute Gasteiger partial charge is 0.393 e. The molecular weight excluding hydrogens is 239 g/mol. The number of hydrogen-bond acceptors (Lipinski definition) is 2. The van der Waals surface area contributed by atoms with Crippen molar-refractivity contribution in [3.63, 3.8) is 0 Å². The maximum Gasteiger partial charge on any atom is 0.118 e. The number of halogens is 2. The zero-order chi connectivity index (χ0) is 10.1. The topological polar surface area (TPSA) is 40.5 Å². The van der Waals surface area contributed by atoms with Gasteiger partial charge in [0.1, 0.15) is 6.17 Å². The average Bonchev–Trinajstić information content (AvgIpc) is 2.09. The van der Waals surface area contributed by atoms with Gasteiger partial charge in [-0.05, 0) is 19.8 Å². The van der Waals surface area contributed by atoms with Gasteiger partial charge in [-0.1, -0.05) is 22.4 Å². The van der Waals surface area contributed by atoms with Crippen LogP contribution in [-0.4, -0.2) is 33.4 Å². The normalized spacial score (nSPS) is 39.9. The number of hydrogen-bond donors (Lipinski definition) is 2. The van der Waals surface area contributed by atoms with Gasteiger partial charge in [0.15, 0.2) is 0 Å². The van der Waals surface area contributed by atoms with Gasteiger partial charge in [0, 0.05) is 10.7 Å². The van der Waals surface area contributed by atoms with Gasteiger partial charge in [-0.15, -0.1) is 0 Å². The molecule has 1 rings (SSSR count). The Morgan fingerprint density at radius 1 is 1.54 bits per heavy atom. The van der Waals surface area contributed by atoms with Crippen LogP contribution in [0.2, 0.25) is 0 Å². The molecule has 0 amide bonds. The van der Waals surface area contributed by atoms with Crippen LogP contribution in [0.5, 0.6) is 0 Å². The lowest BCUT2D eigenvalue weighted by molar-refractivity contribution is -0.0816. The second kappa shape index (κ2) is 4.24. The minimum absolute atomic E-state index is 0.177. The number of alkyl halides is 2. The third kappa shape index (κ3) is 2.42. The molecule has 4 unspecified atom stereocenters. The van der Waals surface area contributed by atoms with E-state index in [1.165, 1.54) is 6.92 Å². The first-order valence-corrected chi connectivity index (χ1v) is 5.52. The van der Waals surface area contributed by atoms with Crippen LogP contribution < -0.4 is 0 Å². The van der Waals surface area contributed by atoms with Crippen LogP contribution in [0.15, 0.2) is 0 Å². The molecule has 78 valence electrons. The van der Waals surface area contributed by atoms with Gasteiger partial charge in [-0.3, -0.25) is 0 Å². The Labute approximate surface area is 86.3 Å². The summed E-state index contributed by atoms with van der Waals surface area (Å²) in [7, 11) is 0. The van der Waals surface area contributed by atoms with Crippen LogP contribution in [0.3, 0.4) is 0 Å². The lowest BCUT2D eigenvalue weighted by Gasteiger charge is -2.38. The highest BCUT2D eigenvalue weighted by Gasteiger charge is 2.42. The van der Waals surface area contributed by atoms with E-state index < -0.39 is 17.7 Å². The standard InChI is InChI=1S/C9H16BrFO2/c1-9(13,5-12)6-3-2-4-7(10)8(6)11/h6-8,12-13H,2-5H2,1H3. The number of aliphatic hydroxyl groups excluding tert-OH is 1. The zero-order valence-electron chi connectivity index (χ0n) is 7.71. The predicted molar refractivity (Wildman–Crippen MR) is 52.7 cm³/mol. The summed E-state index contributed by atoms with van der Waals surface area (Å²) in [5, 5.41) is 18.6. The molecular formula is C9H16BrFO2. The summed E-state index contributed by atoms with van der Waals surface area (Å²) >= 11 is 3.25. The summed E-state index contributed by atoms with van der Waals surface area (Å²) in [5.74, 6) is -0.448. The Kier molecular flexibility index (Phi) is 3.72. The van der Waals surface area contributed by atoms with Crippen molar-refractivity contribution in [2.75, 3.05) is 6.61 Å². The molecule has 0 aromatic carbocycles. The Morgan fingerprint density at radius 3 is 2.69 bits per heavy atom. The highest BCUT2D eigenvalue weighted by Crippen LogP contribution is 2.37. The summed E-state index contributed by atoms with van der Waals surface area (Å²) in [5.41, 5.74) is -1.29. The lowest BCUT2D eigenvalue weighted by Crippen LogP contribution is -2.47. The third-order valence-corrected chi connectivity index (χ3v) is 3.81. The summed E-state index contributed by atoms with van der Waals surface area (Å²) in [6.45, 7) is 1.12. The summed E-state index contributed by atoms with van der Waals surface area (Å²) in [6, 6.07) is 0. The van der Waals surface area contributed by atoms with Crippen LogP contribution in [0.4, 0.5) is 4.39 Å². The van der Waals surface area contributed by atoms with Crippen molar-refractivity contribution in [1.82, 2.24) is 0 Å².